The molecule has 0 bridgehead atoms. The van der Waals surface area contributed by atoms with Crippen LogP contribution in [0.1, 0.15) is 19.8 Å². The zero-order valence-electron chi connectivity index (χ0n) is 6.65. The fraction of sp³-hybridized carbons (Fsp3) is 0.750. The van der Waals surface area contributed by atoms with Gasteiger partial charge in [-0.1, -0.05) is 18.2 Å². The molecule has 0 aromatic carbocycles. The number of hydrogen-bond acceptors (Lipinski definition) is 1. The van der Waals surface area contributed by atoms with E-state index in [0.717, 1.165) is 18.5 Å². The van der Waals surface area contributed by atoms with Crippen LogP contribution in [0.25, 0.3) is 0 Å². The van der Waals surface area contributed by atoms with E-state index < -0.39 is 0 Å². The van der Waals surface area contributed by atoms with Crippen LogP contribution in [0.2, 0.25) is 0 Å². The smallest absolute Gasteiger partial charge is 0.114 e. The number of likely N-dealkylation sites (tertiary alicyclic amines) is 1. The maximum atomic E-state index is 6.20. The standard InChI is InChI=1S/C8H14ClN/c1-7-5-4-6-10(3)8(7,2)9/h1,4-6H2,2-3H3. The van der Waals surface area contributed by atoms with Crippen LogP contribution in [0.15, 0.2) is 12.2 Å². The van der Waals surface area contributed by atoms with E-state index in [1.165, 1.54) is 6.42 Å². The fourth-order valence-electron chi connectivity index (χ4n) is 1.24. The van der Waals surface area contributed by atoms with Gasteiger partial charge in [-0.25, -0.2) is 0 Å². The monoisotopic (exact) mass is 159 g/mol. The summed E-state index contributed by atoms with van der Waals surface area (Å²) in [5, 5.41) is 0. The third-order valence-electron chi connectivity index (χ3n) is 2.33. The van der Waals surface area contributed by atoms with Crippen molar-refractivity contribution in [1.29, 1.82) is 0 Å². The van der Waals surface area contributed by atoms with Crippen molar-refractivity contribution in [3.8, 4) is 0 Å². The Morgan fingerprint density at radius 2 is 2.30 bits per heavy atom. The van der Waals surface area contributed by atoms with Crippen LogP contribution in [0.3, 0.4) is 0 Å². The van der Waals surface area contributed by atoms with Crippen LogP contribution in [-0.2, 0) is 0 Å². The van der Waals surface area contributed by atoms with Crippen molar-refractivity contribution in [3.63, 3.8) is 0 Å². The number of halogens is 1. The molecule has 1 aliphatic rings. The molecular formula is C8H14ClN. The Balaban J connectivity index is 2.73. The molecule has 0 aromatic heterocycles. The maximum Gasteiger partial charge on any atom is 0.114 e. The summed E-state index contributed by atoms with van der Waals surface area (Å²) in [5.41, 5.74) is 1.14. The Bertz CT molecular complexity index is 151. The highest BCUT2D eigenvalue weighted by Gasteiger charge is 2.32. The fourth-order valence-corrected chi connectivity index (χ4v) is 1.42. The quantitative estimate of drug-likeness (QED) is 0.298. The van der Waals surface area contributed by atoms with Gasteiger partial charge in [0.1, 0.15) is 5.00 Å². The van der Waals surface area contributed by atoms with E-state index in [9.17, 15) is 0 Å². The lowest BCUT2D eigenvalue weighted by atomic mass is 9.99. The van der Waals surface area contributed by atoms with Crippen molar-refractivity contribution in [2.24, 2.45) is 0 Å². The highest BCUT2D eigenvalue weighted by atomic mass is 35.5. The van der Waals surface area contributed by atoms with E-state index in [0.29, 0.717) is 0 Å². The first-order chi connectivity index (χ1) is 4.55. The maximum absolute atomic E-state index is 6.20. The van der Waals surface area contributed by atoms with Gasteiger partial charge in [0.2, 0.25) is 0 Å². The van der Waals surface area contributed by atoms with E-state index in [4.69, 9.17) is 11.6 Å². The molecule has 1 atom stereocenters. The zero-order valence-corrected chi connectivity index (χ0v) is 7.41. The Kier molecular flexibility index (Phi) is 2.07. The summed E-state index contributed by atoms with van der Waals surface area (Å²) < 4.78 is 0. The summed E-state index contributed by atoms with van der Waals surface area (Å²) in [7, 11) is 2.04. The minimum Gasteiger partial charge on any atom is -0.285 e. The second-order valence-corrected chi connectivity index (χ2v) is 3.82. The topological polar surface area (TPSA) is 3.24 Å². The van der Waals surface area contributed by atoms with E-state index in [1.807, 2.05) is 14.0 Å². The normalized spacial score (nSPS) is 36.5. The predicted octanol–water partition coefficient (Wildman–Crippen LogP) is 2.22. The van der Waals surface area contributed by atoms with Crippen LogP contribution >= 0.6 is 11.6 Å². The molecule has 10 heavy (non-hydrogen) atoms. The van der Waals surface area contributed by atoms with E-state index in [2.05, 4.69) is 11.5 Å². The molecule has 1 aliphatic heterocycles. The van der Waals surface area contributed by atoms with Crippen molar-refractivity contribution in [2.75, 3.05) is 13.6 Å². The molecule has 0 aromatic rings. The summed E-state index contributed by atoms with van der Waals surface area (Å²) in [6, 6.07) is 0. The molecule has 1 fully saturated rings. The van der Waals surface area contributed by atoms with Crippen LogP contribution in [-0.4, -0.2) is 23.5 Å². The van der Waals surface area contributed by atoms with Gasteiger partial charge in [0.05, 0.1) is 0 Å². The minimum atomic E-state index is -0.293. The molecule has 0 aliphatic carbocycles. The number of rotatable bonds is 0. The molecule has 2 heteroatoms. The molecule has 0 saturated carbocycles. The van der Waals surface area contributed by atoms with Gasteiger partial charge in [0.15, 0.2) is 0 Å². The molecule has 0 spiro atoms. The van der Waals surface area contributed by atoms with Gasteiger partial charge >= 0.3 is 0 Å². The first kappa shape index (κ1) is 8.09. The van der Waals surface area contributed by atoms with Gasteiger partial charge < -0.3 is 0 Å². The molecule has 1 saturated heterocycles. The number of likely N-dealkylation sites (N-methyl/N-ethyl adjacent to an activating group) is 1. The molecule has 1 unspecified atom stereocenters. The SMILES string of the molecule is C=C1CCCN(C)C1(C)Cl. The second kappa shape index (κ2) is 2.55. The molecule has 0 amide bonds. The van der Waals surface area contributed by atoms with Gasteiger partial charge in [-0.05, 0) is 32.4 Å². The number of nitrogens with zero attached hydrogens (tertiary/aromatic N) is 1. The summed E-state index contributed by atoms with van der Waals surface area (Å²) in [6.45, 7) is 7.04. The van der Waals surface area contributed by atoms with Crippen LogP contribution in [0.4, 0.5) is 0 Å². The minimum absolute atomic E-state index is 0.293. The van der Waals surface area contributed by atoms with Crippen molar-refractivity contribution in [3.05, 3.63) is 12.2 Å². The van der Waals surface area contributed by atoms with Gasteiger partial charge in [-0.3, -0.25) is 4.90 Å². The Morgan fingerprint density at radius 1 is 1.70 bits per heavy atom. The largest absolute Gasteiger partial charge is 0.285 e. The molecule has 1 rings (SSSR count). The van der Waals surface area contributed by atoms with Crippen LogP contribution in [0, 0.1) is 0 Å². The lowest BCUT2D eigenvalue weighted by Crippen LogP contribution is -2.43. The van der Waals surface area contributed by atoms with Gasteiger partial charge in [-0.2, -0.15) is 0 Å². The van der Waals surface area contributed by atoms with Gasteiger partial charge in [-0.15, -0.1) is 0 Å². The Hall–Kier alpha value is -0.0100. The van der Waals surface area contributed by atoms with E-state index >= 15 is 0 Å². The summed E-state index contributed by atoms with van der Waals surface area (Å²) in [4.78, 5) is 1.85. The first-order valence-electron chi connectivity index (χ1n) is 3.63. The highest BCUT2D eigenvalue weighted by molar-refractivity contribution is 6.25. The second-order valence-electron chi connectivity index (χ2n) is 3.08. The zero-order chi connectivity index (χ0) is 7.78. The molecule has 0 N–H and O–H groups in total. The molecular weight excluding hydrogens is 146 g/mol. The van der Waals surface area contributed by atoms with Crippen molar-refractivity contribution >= 4 is 11.6 Å². The average Bonchev–Trinajstić information content (AvgIpc) is 1.84. The van der Waals surface area contributed by atoms with E-state index in [-0.39, 0.29) is 5.00 Å². The lowest BCUT2D eigenvalue weighted by molar-refractivity contribution is 0.217. The Morgan fingerprint density at radius 3 is 2.70 bits per heavy atom. The van der Waals surface area contributed by atoms with Gasteiger partial charge in [0.25, 0.3) is 0 Å². The molecule has 1 heterocycles. The Labute approximate surface area is 67.7 Å². The highest BCUT2D eigenvalue weighted by Crippen LogP contribution is 2.33. The van der Waals surface area contributed by atoms with Crippen molar-refractivity contribution in [1.82, 2.24) is 4.90 Å². The third kappa shape index (κ3) is 1.21. The van der Waals surface area contributed by atoms with Crippen molar-refractivity contribution < 1.29 is 0 Å². The van der Waals surface area contributed by atoms with Crippen molar-refractivity contribution in [2.45, 2.75) is 24.8 Å². The summed E-state index contributed by atoms with van der Waals surface area (Å²) in [6.07, 6.45) is 2.27. The average molecular weight is 160 g/mol. The van der Waals surface area contributed by atoms with Gasteiger partial charge in [0, 0.05) is 6.54 Å². The lowest BCUT2D eigenvalue weighted by Gasteiger charge is -2.39. The van der Waals surface area contributed by atoms with E-state index in [1.54, 1.807) is 0 Å². The van der Waals surface area contributed by atoms with Crippen LogP contribution < -0.4 is 0 Å². The number of piperidine rings is 1. The van der Waals surface area contributed by atoms with Crippen LogP contribution in [0.5, 0.6) is 0 Å². The molecule has 1 nitrogen and oxygen atoms in total. The number of alkyl halides is 1. The molecule has 0 radical (unpaired) electrons. The first-order valence-corrected chi connectivity index (χ1v) is 4.01. The number of hydrogen-bond donors (Lipinski definition) is 0. The summed E-state index contributed by atoms with van der Waals surface area (Å²) >= 11 is 6.20. The summed E-state index contributed by atoms with van der Waals surface area (Å²) in [5.74, 6) is 0. The predicted molar refractivity (Wildman–Crippen MR) is 45.3 cm³/mol. The molecule has 58 valence electrons. The third-order valence-corrected chi connectivity index (χ3v) is 2.89.